The monoisotopic (exact) mass is 298 g/mol. The second-order valence-corrected chi connectivity index (χ2v) is 4.47. The number of nitrogens with two attached hydrogens (primary N) is 1. The van der Waals surface area contributed by atoms with Gasteiger partial charge in [0.05, 0.1) is 7.11 Å². The Morgan fingerprint density at radius 1 is 1.32 bits per heavy atom. The molecule has 0 radical (unpaired) electrons. The molecule has 0 unspecified atom stereocenters. The van der Waals surface area contributed by atoms with Gasteiger partial charge in [-0.25, -0.2) is 9.97 Å². The second-order valence-electron chi connectivity index (χ2n) is 3.70. The predicted octanol–water partition coefficient (Wildman–Crippen LogP) is 2.99. The first-order chi connectivity index (χ1) is 9.13. The van der Waals surface area contributed by atoms with Crippen LogP contribution in [0.1, 0.15) is 5.56 Å². The lowest BCUT2D eigenvalue weighted by Gasteiger charge is -2.12. The zero-order valence-electron chi connectivity index (χ0n) is 10.2. The van der Waals surface area contributed by atoms with E-state index >= 15 is 0 Å². The number of nitrogens with one attached hydrogen (secondary N) is 1. The average molecular weight is 299 g/mol. The van der Waals surface area contributed by atoms with Crippen molar-refractivity contribution >= 4 is 34.7 Å². The van der Waals surface area contributed by atoms with Gasteiger partial charge in [0.25, 0.3) is 0 Å². The maximum absolute atomic E-state index is 6.14. The zero-order valence-corrected chi connectivity index (χ0v) is 11.7. The van der Waals surface area contributed by atoms with Crippen molar-refractivity contribution in [3.8, 4) is 5.75 Å². The van der Waals surface area contributed by atoms with Crippen molar-refractivity contribution in [3.05, 3.63) is 40.3 Å². The Balaban J connectivity index is 2.21. The fraction of sp³-hybridized carbons (Fsp3) is 0.167. The van der Waals surface area contributed by atoms with Crippen molar-refractivity contribution in [2.45, 2.75) is 6.54 Å². The van der Waals surface area contributed by atoms with Crippen LogP contribution < -0.4 is 15.8 Å². The minimum absolute atomic E-state index is 0.212. The standard InChI is InChI=1S/C12H12Cl2N4O/c1-19-9-4-2-3-8(13)7(9)5-16-12-10(15)11(14)17-6-18-12/h2-4,6H,5,15H2,1H3,(H,16,17,18). The van der Waals surface area contributed by atoms with Gasteiger partial charge >= 0.3 is 0 Å². The Bertz CT molecular complexity index is 592. The molecule has 1 heterocycles. The summed E-state index contributed by atoms with van der Waals surface area (Å²) in [4.78, 5) is 7.81. The fourth-order valence-corrected chi connectivity index (χ4v) is 1.95. The number of hydrogen-bond acceptors (Lipinski definition) is 5. The van der Waals surface area contributed by atoms with Gasteiger partial charge < -0.3 is 15.8 Å². The molecule has 7 heteroatoms. The van der Waals surface area contributed by atoms with Gasteiger partial charge in [0.1, 0.15) is 17.8 Å². The molecule has 3 N–H and O–H groups in total. The van der Waals surface area contributed by atoms with Crippen molar-refractivity contribution < 1.29 is 4.74 Å². The number of halogens is 2. The van der Waals surface area contributed by atoms with Crippen LogP contribution in [0.4, 0.5) is 11.5 Å². The van der Waals surface area contributed by atoms with E-state index in [2.05, 4.69) is 15.3 Å². The van der Waals surface area contributed by atoms with Crippen LogP contribution in [0.3, 0.4) is 0 Å². The van der Waals surface area contributed by atoms with Crippen LogP contribution in [0.25, 0.3) is 0 Å². The van der Waals surface area contributed by atoms with Gasteiger partial charge in [-0.3, -0.25) is 0 Å². The van der Waals surface area contributed by atoms with Gasteiger partial charge in [0, 0.05) is 17.1 Å². The van der Waals surface area contributed by atoms with Gasteiger partial charge in [-0.1, -0.05) is 29.3 Å². The van der Waals surface area contributed by atoms with E-state index in [1.54, 1.807) is 13.2 Å². The minimum Gasteiger partial charge on any atom is -0.496 e. The van der Waals surface area contributed by atoms with E-state index in [4.69, 9.17) is 33.7 Å². The molecule has 0 aliphatic rings. The van der Waals surface area contributed by atoms with Gasteiger partial charge in [-0.15, -0.1) is 0 Å². The molecule has 0 fully saturated rings. The van der Waals surface area contributed by atoms with Gasteiger partial charge in [-0.2, -0.15) is 0 Å². The van der Waals surface area contributed by atoms with Crippen LogP contribution in [-0.4, -0.2) is 17.1 Å². The first-order valence-electron chi connectivity index (χ1n) is 5.44. The van der Waals surface area contributed by atoms with Crippen molar-refractivity contribution in [1.29, 1.82) is 0 Å². The topological polar surface area (TPSA) is 73.1 Å². The van der Waals surface area contributed by atoms with Gasteiger partial charge in [-0.05, 0) is 12.1 Å². The Morgan fingerprint density at radius 3 is 2.84 bits per heavy atom. The predicted molar refractivity (Wildman–Crippen MR) is 76.8 cm³/mol. The number of rotatable bonds is 4. The summed E-state index contributed by atoms with van der Waals surface area (Å²) in [7, 11) is 1.59. The number of nitrogen functional groups attached to an aromatic ring is 1. The Kier molecular flexibility index (Phi) is 4.29. The van der Waals surface area contributed by atoms with E-state index in [1.165, 1.54) is 6.33 Å². The first-order valence-corrected chi connectivity index (χ1v) is 6.20. The molecule has 0 aliphatic carbocycles. The average Bonchev–Trinajstić information content (AvgIpc) is 2.41. The van der Waals surface area contributed by atoms with E-state index in [9.17, 15) is 0 Å². The summed E-state index contributed by atoms with van der Waals surface area (Å²) >= 11 is 12.0. The highest BCUT2D eigenvalue weighted by atomic mass is 35.5. The first kappa shape index (κ1) is 13.7. The second kappa shape index (κ2) is 5.95. The third-order valence-corrected chi connectivity index (χ3v) is 3.22. The number of anilines is 2. The van der Waals surface area contributed by atoms with Gasteiger partial charge in [0.2, 0.25) is 0 Å². The molecule has 0 aliphatic heterocycles. The highest BCUT2D eigenvalue weighted by Gasteiger charge is 2.10. The fourth-order valence-electron chi connectivity index (χ4n) is 1.59. The number of benzene rings is 1. The summed E-state index contributed by atoms with van der Waals surface area (Å²) in [6.45, 7) is 0.417. The van der Waals surface area contributed by atoms with Crippen LogP contribution in [0.5, 0.6) is 5.75 Å². The lowest BCUT2D eigenvalue weighted by molar-refractivity contribution is 0.410. The molecule has 5 nitrogen and oxygen atoms in total. The molecule has 19 heavy (non-hydrogen) atoms. The van der Waals surface area contributed by atoms with Crippen LogP contribution in [0, 0.1) is 0 Å². The lowest BCUT2D eigenvalue weighted by atomic mass is 10.2. The minimum atomic E-state index is 0.212. The molecule has 0 bridgehead atoms. The molecule has 0 amide bonds. The van der Waals surface area contributed by atoms with E-state index in [1.807, 2.05) is 12.1 Å². The summed E-state index contributed by atoms with van der Waals surface area (Å²) < 4.78 is 5.25. The molecule has 1 aromatic heterocycles. The van der Waals surface area contributed by atoms with E-state index in [0.717, 1.165) is 5.56 Å². The number of hydrogen-bond donors (Lipinski definition) is 2. The molecule has 0 saturated heterocycles. The van der Waals surface area contributed by atoms with Crippen molar-refractivity contribution in [1.82, 2.24) is 9.97 Å². The smallest absolute Gasteiger partial charge is 0.157 e. The summed E-state index contributed by atoms with van der Waals surface area (Å²) in [5.41, 5.74) is 6.89. The maximum Gasteiger partial charge on any atom is 0.157 e. The molecular formula is C12H12Cl2N4O. The van der Waals surface area contributed by atoms with Crippen molar-refractivity contribution in [3.63, 3.8) is 0 Å². The van der Waals surface area contributed by atoms with Crippen LogP contribution >= 0.6 is 23.2 Å². The zero-order chi connectivity index (χ0) is 13.8. The molecule has 2 aromatic rings. The normalized spacial score (nSPS) is 10.3. The summed E-state index contributed by atoms with van der Waals surface area (Å²) in [6.07, 6.45) is 1.34. The summed E-state index contributed by atoms with van der Waals surface area (Å²) in [6, 6.07) is 5.44. The Hall–Kier alpha value is -1.72. The molecule has 2 rings (SSSR count). The lowest BCUT2D eigenvalue weighted by Crippen LogP contribution is -2.07. The van der Waals surface area contributed by atoms with E-state index < -0.39 is 0 Å². The molecule has 0 spiro atoms. The van der Waals surface area contributed by atoms with Crippen molar-refractivity contribution in [2.75, 3.05) is 18.2 Å². The van der Waals surface area contributed by atoms with Gasteiger partial charge in [0.15, 0.2) is 11.0 Å². The summed E-state index contributed by atoms with van der Waals surface area (Å²) in [5.74, 6) is 1.15. The molecule has 0 saturated carbocycles. The molecule has 100 valence electrons. The van der Waals surface area contributed by atoms with Crippen molar-refractivity contribution in [2.24, 2.45) is 0 Å². The molecule has 0 atom stereocenters. The number of methoxy groups -OCH3 is 1. The maximum atomic E-state index is 6.14. The van der Waals surface area contributed by atoms with E-state index in [-0.39, 0.29) is 5.15 Å². The largest absolute Gasteiger partial charge is 0.496 e. The number of aromatic nitrogens is 2. The Morgan fingerprint density at radius 2 is 2.11 bits per heavy atom. The summed E-state index contributed by atoms with van der Waals surface area (Å²) in [5, 5.41) is 3.87. The molecular weight excluding hydrogens is 287 g/mol. The number of nitrogens with zero attached hydrogens (tertiary/aromatic N) is 2. The van der Waals surface area contributed by atoms with Crippen LogP contribution in [0.2, 0.25) is 10.2 Å². The Labute approximate surface area is 120 Å². The third kappa shape index (κ3) is 3.00. The van der Waals surface area contributed by atoms with Crippen LogP contribution in [0.15, 0.2) is 24.5 Å². The SMILES string of the molecule is COc1cccc(Cl)c1CNc1ncnc(Cl)c1N. The quantitative estimate of drug-likeness (QED) is 0.849. The molecule has 1 aromatic carbocycles. The van der Waals surface area contributed by atoms with Crippen LogP contribution in [-0.2, 0) is 6.54 Å². The van der Waals surface area contributed by atoms with E-state index in [0.29, 0.717) is 28.8 Å². The highest BCUT2D eigenvalue weighted by molar-refractivity contribution is 6.32. The highest BCUT2D eigenvalue weighted by Crippen LogP contribution is 2.28. The third-order valence-electron chi connectivity index (χ3n) is 2.56. The number of ether oxygens (including phenoxy) is 1.